The Bertz CT molecular complexity index is 826. The van der Waals surface area contributed by atoms with Crippen molar-refractivity contribution in [2.24, 2.45) is 0 Å². The normalized spacial score (nSPS) is 16.6. The second-order valence-corrected chi connectivity index (χ2v) is 8.13. The fourth-order valence-corrected chi connectivity index (χ4v) is 4.57. The van der Waals surface area contributed by atoms with Gasteiger partial charge in [-0.3, -0.25) is 9.69 Å². The van der Waals surface area contributed by atoms with Crippen molar-refractivity contribution < 1.29 is 18.8 Å². The van der Waals surface area contributed by atoms with Gasteiger partial charge in [0.2, 0.25) is 12.7 Å². The lowest BCUT2D eigenvalue weighted by molar-refractivity contribution is -0.130. The minimum absolute atomic E-state index is 0.208. The van der Waals surface area contributed by atoms with E-state index in [4.69, 9.17) is 14.0 Å². The average molecular weight is 404 g/mol. The van der Waals surface area contributed by atoms with E-state index >= 15 is 0 Å². The maximum Gasteiger partial charge on any atom is 0.232 e. The van der Waals surface area contributed by atoms with Crippen LogP contribution in [0, 0.1) is 13.8 Å². The first-order valence-electron chi connectivity index (χ1n) is 9.48. The molecule has 0 unspecified atom stereocenters. The van der Waals surface area contributed by atoms with E-state index in [1.54, 1.807) is 11.8 Å². The van der Waals surface area contributed by atoms with Crippen molar-refractivity contribution in [1.82, 2.24) is 15.0 Å². The van der Waals surface area contributed by atoms with Gasteiger partial charge in [0, 0.05) is 44.0 Å². The van der Waals surface area contributed by atoms with Crippen LogP contribution in [0.2, 0.25) is 0 Å². The largest absolute Gasteiger partial charge is 0.454 e. The van der Waals surface area contributed by atoms with Crippen LogP contribution in [0.4, 0.5) is 0 Å². The minimum Gasteiger partial charge on any atom is -0.454 e. The van der Waals surface area contributed by atoms with Gasteiger partial charge >= 0.3 is 0 Å². The standard InChI is InChI=1S/C20H25N3O4S/c1-14-17(15(2)27-21-14)11-28-12-20(24)23-7-5-22(6-8-23)10-16-3-4-18-19(9-16)26-13-25-18/h3-4,9H,5-8,10-13H2,1-2H3. The van der Waals surface area contributed by atoms with E-state index in [9.17, 15) is 4.79 Å². The van der Waals surface area contributed by atoms with E-state index in [-0.39, 0.29) is 5.91 Å². The van der Waals surface area contributed by atoms with Crippen LogP contribution in [0.1, 0.15) is 22.6 Å². The van der Waals surface area contributed by atoms with E-state index in [0.717, 1.165) is 67.0 Å². The molecular weight excluding hydrogens is 378 g/mol. The number of aryl methyl sites for hydroxylation is 2. The lowest BCUT2D eigenvalue weighted by atomic mass is 10.1. The number of carbonyl (C=O) groups excluding carboxylic acids is 1. The Morgan fingerprint density at radius 2 is 1.93 bits per heavy atom. The van der Waals surface area contributed by atoms with Gasteiger partial charge < -0.3 is 18.9 Å². The van der Waals surface area contributed by atoms with E-state index in [1.165, 1.54) is 5.56 Å². The molecule has 1 fully saturated rings. The van der Waals surface area contributed by atoms with Crippen LogP contribution in [0.25, 0.3) is 0 Å². The third-order valence-electron chi connectivity index (χ3n) is 5.22. The molecule has 4 rings (SSSR count). The summed E-state index contributed by atoms with van der Waals surface area (Å²) in [5.74, 6) is 3.94. The molecule has 0 spiro atoms. The second-order valence-electron chi connectivity index (χ2n) is 7.14. The molecule has 0 N–H and O–H groups in total. The smallest absolute Gasteiger partial charge is 0.232 e. The molecule has 0 bridgehead atoms. The molecule has 8 heteroatoms. The van der Waals surface area contributed by atoms with Crippen LogP contribution in [0.15, 0.2) is 22.7 Å². The predicted molar refractivity (Wildman–Crippen MR) is 107 cm³/mol. The first kappa shape index (κ1) is 19.1. The number of carbonyl (C=O) groups is 1. The van der Waals surface area contributed by atoms with E-state index in [1.807, 2.05) is 30.9 Å². The Labute approximate surface area is 168 Å². The zero-order valence-corrected chi connectivity index (χ0v) is 17.1. The van der Waals surface area contributed by atoms with Crippen molar-refractivity contribution in [2.45, 2.75) is 26.1 Å². The molecule has 150 valence electrons. The van der Waals surface area contributed by atoms with Gasteiger partial charge in [-0.2, -0.15) is 0 Å². The number of ether oxygens (including phenoxy) is 2. The van der Waals surface area contributed by atoms with Crippen molar-refractivity contribution in [1.29, 1.82) is 0 Å². The van der Waals surface area contributed by atoms with E-state index < -0.39 is 0 Å². The maximum atomic E-state index is 12.5. The summed E-state index contributed by atoms with van der Waals surface area (Å²) in [6.07, 6.45) is 0. The molecule has 3 heterocycles. The number of piperazine rings is 1. The zero-order valence-electron chi connectivity index (χ0n) is 16.3. The van der Waals surface area contributed by atoms with Crippen LogP contribution in [0.5, 0.6) is 11.5 Å². The molecule has 0 saturated carbocycles. The lowest BCUT2D eigenvalue weighted by Gasteiger charge is -2.34. The molecule has 2 aromatic rings. The Hall–Kier alpha value is -2.19. The van der Waals surface area contributed by atoms with Crippen molar-refractivity contribution in [3.05, 3.63) is 40.8 Å². The number of nitrogens with zero attached hydrogens (tertiary/aromatic N) is 3. The Morgan fingerprint density at radius 1 is 1.14 bits per heavy atom. The number of amides is 1. The van der Waals surface area contributed by atoms with Gasteiger partial charge in [0.05, 0.1) is 11.4 Å². The highest BCUT2D eigenvalue weighted by Gasteiger charge is 2.22. The average Bonchev–Trinajstić information content (AvgIpc) is 3.29. The molecule has 2 aliphatic rings. The SMILES string of the molecule is Cc1noc(C)c1CSCC(=O)N1CCN(Cc2ccc3c(c2)OCO3)CC1. The molecule has 0 atom stereocenters. The number of hydrogen-bond acceptors (Lipinski definition) is 7. The summed E-state index contributed by atoms with van der Waals surface area (Å²) in [5.41, 5.74) is 3.22. The quantitative estimate of drug-likeness (QED) is 0.734. The summed E-state index contributed by atoms with van der Waals surface area (Å²) in [5, 5.41) is 3.96. The third-order valence-corrected chi connectivity index (χ3v) is 6.17. The molecule has 1 aromatic carbocycles. The topological polar surface area (TPSA) is 68.0 Å². The van der Waals surface area contributed by atoms with Gasteiger partial charge in [0.25, 0.3) is 0 Å². The minimum atomic E-state index is 0.208. The first-order valence-corrected chi connectivity index (χ1v) is 10.6. The zero-order chi connectivity index (χ0) is 19.5. The molecule has 0 radical (unpaired) electrons. The van der Waals surface area contributed by atoms with Crippen LogP contribution < -0.4 is 9.47 Å². The van der Waals surface area contributed by atoms with Gasteiger partial charge in [-0.1, -0.05) is 11.2 Å². The fourth-order valence-electron chi connectivity index (χ4n) is 3.49. The molecule has 2 aliphatic heterocycles. The summed E-state index contributed by atoms with van der Waals surface area (Å²) in [6.45, 7) is 8.33. The fraction of sp³-hybridized carbons (Fsp3) is 0.500. The predicted octanol–water partition coefficient (Wildman–Crippen LogP) is 2.60. The van der Waals surface area contributed by atoms with Gasteiger partial charge in [-0.05, 0) is 31.5 Å². The number of hydrogen-bond donors (Lipinski definition) is 0. The molecule has 1 saturated heterocycles. The van der Waals surface area contributed by atoms with Gasteiger partial charge in [-0.25, -0.2) is 0 Å². The monoisotopic (exact) mass is 403 g/mol. The van der Waals surface area contributed by atoms with Gasteiger partial charge in [-0.15, -0.1) is 11.8 Å². The highest BCUT2D eigenvalue weighted by Crippen LogP contribution is 2.32. The Balaban J connectivity index is 1.21. The number of rotatable bonds is 6. The Morgan fingerprint density at radius 3 is 2.68 bits per heavy atom. The van der Waals surface area contributed by atoms with Gasteiger partial charge in [0.1, 0.15) is 5.76 Å². The summed E-state index contributed by atoms with van der Waals surface area (Å²) >= 11 is 1.63. The number of benzene rings is 1. The molecular formula is C20H25N3O4S. The lowest BCUT2D eigenvalue weighted by Crippen LogP contribution is -2.48. The summed E-state index contributed by atoms with van der Waals surface area (Å²) in [7, 11) is 0. The third kappa shape index (κ3) is 4.28. The summed E-state index contributed by atoms with van der Waals surface area (Å²) in [6, 6.07) is 6.09. The Kier molecular flexibility index (Phi) is 5.77. The molecule has 0 aliphatic carbocycles. The van der Waals surface area contributed by atoms with Crippen molar-refractivity contribution in [3.63, 3.8) is 0 Å². The molecule has 28 heavy (non-hydrogen) atoms. The van der Waals surface area contributed by atoms with Crippen LogP contribution in [-0.4, -0.2) is 59.6 Å². The summed E-state index contributed by atoms with van der Waals surface area (Å²) < 4.78 is 16.0. The van der Waals surface area contributed by atoms with E-state index in [0.29, 0.717) is 12.5 Å². The van der Waals surface area contributed by atoms with Gasteiger partial charge in [0.15, 0.2) is 11.5 Å². The van der Waals surface area contributed by atoms with Crippen LogP contribution in [-0.2, 0) is 17.1 Å². The maximum absolute atomic E-state index is 12.5. The molecule has 1 amide bonds. The number of fused-ring (bicyclic) bond motifs is 1. The van der Waals surface area contributed by atoms with Crippen LogP contribution >= 0.6 is 11.8 Å². The molecule has 7 nitrogen and oxygen atoms in total. The van der Waals surface area contributed by atoms with Crippen molar-refractivity contribution in [2.75, 3.05) is 38.7 Å². The van der Waals surface area contributed by atoms with E-state index in [2.05, 4.69) is 16.1 Å². The van der Waals surface area contributed by atoms with Crippen LogP contribution in [0.3, 0.4) is 0 Å². The number of thioether (sulfide) groups is 1. The highest BCUT2D eigenvalue weighted by molar-refractivity contribution is 7.99. The highest BCUT2D eigenvalue weighted by atomic mass is 32.2. The second kappa shape index (κ2) is 8.45. The summed E-state index contributed by atoms with van der Waals surface area (Å²) in [4.78, 5) is 16.8. The first-order chi connectivity index (χ1) is 13.6. The van der Waals surface area contributed by atoms with Crippen molar-refractivity contribution >= 4 is 17.7 Å². The number of aromatic nitrogens is 1. The van der Waals surface area contributed by atoms with Crippen molar-refractivity contribution in [3.8, 4) is 11.5 Å². The molecule has 1 aromatic heterocycles.